The molecule has 14 heteroatoms. The summed E-state index contributed by atoms with van der Waals surface area (Å²) in [6.45, 7) is -1.34. The highest BCUT2D eigenvalue weighted by Gasteiger charge is 2.50. The smallest absolute Gasteiger partial charge is 0.393 e. The lowest BCUT2D eigenvalue weighted by Gasteiger charge is -2.24. The second-order valence-electron chi connectivity index (χ2n) is 9.23. The number of alkyl halides is 3. The van der Waals surface area contributed by atoms with E-state index in [4.69, 9.17) is 15.9 Å². The van der Waals surface area contributed by atoms with E-state index in [2.05, 4.69) is 10.6 Å². The highest BCUT2D eigenvalue weighted by molar-refractivity contribution is 7.10. The summed E-state index contributed by atoms with van der Waals surface area (Å²) in [5, 5.41) is 14.0. The van der Waals surface area contributed by atoms with Gasteiger partial charge in [0.25, 0.3) is 5.91 Å². The molecule has 1 aliphatic rings. The van der Waals surface area contributed by atoms with Gasteiger partial charge in [0, 0.05) is 27.9 Å². The normalized spacial score (nSPS) is 16.7. The third-order valence-electron chi connectivity index (χ3n) is 6.35. The number of ether oxygens (including phenoxy) is 1. The SMILES string of the molecule is N=C(N)c1csc(CNC(=O)C2CC(C(F)(F)F)CN2C(=O)CNC(=O)c2ccc(Oc3ccc(F)cc3)cc2)c1. The Morgan fingerprint density at radius 1 is 1.02 bits per heavy atom. The summed E-state index contributed by atoms with van der Waals surface area (Å²) in [5.41, 5.74) is 6.04. The monoisotopic (exact) mass is 591 g/mol. The predicted molar refractivity (Wildman–Crippen MR) is 142 cm³/mol. The lowest BCUT2D eigenvalue weighted by atomic mass is 10.0. The molecule has 0 bridgehead atoms. The fourth-order valence-electron chi connectivity index (χ4n) is 4.18. The maximum atomic E-state index is 13.5. The number of nitrogen functional groups attached to an aromatic ring is 1. The Morgan fingerprint density at radius 3 is 2.24 bits per heavy atom. The Balaban J connectivity index is 1.35. The van der Waals surface area contributed by atoms with E-state index < -0.39 is 61.2 Å². The van der Waals surface area contributed by atoms with E-state index in [1.807, 2.05) is 0 Å². The second-order valence-corrected chi connectivity index (χ2v) is 10.2. The van der Waals surface area contributed by atoms with Crippen LogP contribution in [0.25, 0.3) is 0 Å². The minimum Gasteiger partial charge on any atom is -0.457 e. The standard InChI is InChI=1S/C27H25F4N5O4S/c28-18-3-7-20(8-4-18)40-19-5-1-15(2-6-19)25(38)35-12-23(37)36-13-17(27(29,30)31)10-22(36)26(39)34-11-21-9-16(14-41-21)24(32)33/h1-9,14,17,22H,10-13H2,(H3,32,33)(H,34,39)(H,35,38). The number of thiophene rings is 1. The summed E-state index contributed by atoms with van der Waals surface area (Å²) < 4.78 is 59.1. The molecule has 1 saturated heterocycles. The van der Waals surface area contributed by atoms with Crippen LogP contribution in [0.2, 0.25) is 0 Å². The Morgan fingerprint density at radius 2 is 1.66 bits per heavy atom. The van der Waals surface area contributed by atoms with Gasteiger partial charge in [-0.3, -0.25) is 19.8 Å². The zero-order chi connectivity index (χ0) is 29.7. The number of benzene rings is 2. The molecule has 2 atom stereocenters. The predicted octanol–water partition coefficient (Wildman–Crippen LogP) is 3.79. The van der Waals surface area contributed by atoms with Crippen LogP contribution in [-0.4, -0.2) is 53.8 Å². The molecule has 216 valence electrons. The molecule has 3 amide bonds. The van der Waals surface area contributed by atoms with E-state index >= 15 is 0 Å². The van der Waals surface area contributed by atoms with Gasteiger partial charge >= 0.3 is 6.18 Å². The van der Waals surface area contributed by atoms with E-state index in [0.717, 1.165) is 4.90 Å². The minimum atomic E-state index is -4.61. The van der Waals surface area contributed by atoms with Crippen LogP contribution >= 0.6 is 11.3 Å². The molecule has 41 heavy (non-hydrogen) atoms. The van der Waals surface area contributed by atoms with Crippen molar-refractivity contribution in [2.75, 3.05) is 13.1 Å². The summed E-state index contributed by atoms with van der Waals surface area (Å²) >= 11 is 1.22. The molecule has 2 unspecified atom stereocenters. The minimum absolute atomic E-state index is 0.0103. The van der Waals surface area contributed by atoms with Crippen LogP contribution in [-0.2, 0) is 16.1 Å². The van der Waals surface area contributed by atoms with Crippen LogP contribution in [0.15, 0.2) is 60.0 Å². The largest absolute Gasteiger partial charge is 0.457 e. The van der Waals surface area contributed by atoms with Gasteiger partial charge in [-0.25, -0.2) is 4.39 Å². The molecule has 2 aromatic carbocycles. The van der Waals surface area contributed by atoms with Gasteiger partial charge in [0.1, 0.15) is 29.2 Å². The van der Waals surface area contributed by atoms with Gasteiger partial charge < -0.3 is 26.0 Å². The van der Waals surface area contributed by atoms with Gasteiger partial charge in [-0.2, -0.15) is 13.2 Å². The second kappa shape index (κ2) is 12.4. The van der Waals surface area contributed by atoms with Crippen molar-refractivity contribution < 1.29 is 36.7 Å². The molecule has 1 aromatic heterocycles. The fraction of sp³-hybridized carbons (Fsp3) is 0.259. The summed E-state index contributed by atoms with van der Waals surface area (Å²) in [4.78, 5) is 39.8. The first-order chi connectivity index (χ1) is 19.4. The van der Waals surface area contributed by atoms with Gasteiger partial charge in [0.15, 0.2) is 0 Å². The van der Waals surface area contributed by atoms with Gasteiger partial charge in [-0.15, -0.1) is 11.3 Å². The molecule has 0 spiro atoms. The molecular formula is C27H25F4N5O4S. The number of nitrogens with one attached hydrogen (secondary N) is 3. The molecule has 4 rings (SSSR count). The lowest BCUT2D eigenvalue weighted by molar-refractivity contribution is -0.171. The molecule has 0 aliphatic carbocycles. The summed E-state index contributed by atoms with van der Waals surface area (Å²) in [7, 11) is 0. The summed E-state index contributed by atoms with van der Waals surface area (Å²) in [5.74, 6) is -3.97. The van der Waals surface area contributed by atoms with Gasteiger partial charge in [-0.05, 0) is 61.0 Å². The van der Waals surface area contributed by atoms with Crippen LogP contribution in [0.1, 0.15) is 27.2 Å². The molecule has 9 nitrogen and oxygen atoms in total. The average molecular weight is 592 g/mol. The van der Waals surface area contributed by atoms with Gasteiger partial charge in [-0.1, -0.05) is 0 Å². The van der Waals surface area contributed by atoms with Crippen molar-refractivity contribution in [2.24, 2.45) is 11.7 Å². The van der Waals surface area contributed by atoms with Gasteiger partial charge in [0.2, 0.25) is 11.8 Å². The number of hydrogen-bond acceptors (Lipinski definition) is 6. The number of nitrogens with two attached hydrogens (primary N) is 1. The number of nitrogens with zero attached hydrogens (tertiary/aromatic N) is 1. The van der Waals surface area contributed by atoms with E-state index in [9.17, 15) is 31.9 Å². The number of rotatable bonds is 9. The van der Waals surface area contributed by atoms with Crippen LogP contribution < -0.4 is 21.1 Å². The Bertz CT molecular complexity index is 1430. The van der Waals surface area contributed by atoms with E-state index in [0.29, 0.717) is 21.9 Å². The molecule has 1 aliphatic heterocycles. The first-order valence-corrected chi connectivity index (χ1v) is 13.2. The third kappa shape index (κ3) is 7.60. The molecule has 1 fully saturated rings. The third-order valence-corrected chi connectivity index (χ3v) is 7.29. The number of amidine groups is 1. The number of carbonyl (C=O) groups is 3. The maximum absolute atomic E-state index is 13.5. The van der Waals surface area contributed by atoms with Crippen molar-refractivity contribution in [1.82, 2.24) is 15.5 Å². The molecular weight excluding hydrogens is 566 g/mol. The van der Waals surface area contributed by atoms with Crippen molar-refractivity contribution >= 4 is 34.9 Å². The van der Waals surface area contributed by atoms with Crippen LogP contribution in [0.5, 0.6) is 11.5 Å². The van der Waals surface area contributed by atoms with Crippen molar-refractivity contribution in [3.63, 3.8) is 0 Å². The van der Waals surface area contributed by atoms with Crippen molar-refractivity contribution in [3.05, 3.63) is 81.8 Å². The van der Waals surface area contributed by atoms with Crippen molar-refractivity contribution in [3.8, 4) is 11.5 Å². The van der Waals surface area contributed by atoms with E-state index in [-0.39, 0.29) is 17.9 Å². The lowest BCUT2D eigenvalue weighted by Crippen LogP contribution is -2.48. The number of likely N-dealkylation sites (tertiary alicyclic amines) is 1. The first kappa shape index (κ1) is 29.5. The topological polar surface area (TPSA) is 138 Å². The fourth-order valence-corrected chi connectivity index (χ4v) is 5.00. The van der Waals surface area contributed by atoms with Crippen molar-refractivity contribution in [2.45, 2.75) is 25.2 Å². The van der Waals surface area contributed by atoms with Crippen LogP contribution in [0, 0.1) is 17.1 Å². The zero-order valence-corrected chi connectivity index (χ0v) is 22.2. The molecule has 0 saturated carbocycles. The number of hydrogen-bond donors (Lipinski definition) is 4. The highest BCUT2D eigenvalue weighted by Crippen LogP contribution is 2.36. The molecule has 3 aromatic rings. The van der Waals surface area contributed by atoms with Gasteiger partial charge in [0.05, 0.1) is 19.0 Å². The molecule has 5 N–H and O–H groups in total. The van der Waals surface area contributed by atoms with Crippen molar-refractivity contribution in [1.29, 1.82) is 5.41 Å². The first-order valence-electron chi connectivity index (χ1n) is 12.3. The number of carbonyl (C=O) groups excluding carboxylic acids is 3. The summed E-state index contributed by atoms with van der Waals surface area (Å²) in [6.07, 6.45) is -5.22. The maximum Gasteiger partial charge on any atom is 0.393 e. The van der Waals surface area contributed by atoms with Crippen LogP contribution in [0.3, 0.4) is 0 Å². The Kier molecular flexibility index (Phi) is 8.91. The average Bonchev–Trinajstić information content (AvgIpc) is 3.60. The van der Waals surface area contributed by atoms with E-state index in [1.165, 1.54) is 59.9 Å². The molecule has 2 heterocycles. The summed E-state index contributed by atoms with van der Waals surface area (Å²) in [6, 6.07) is 11.4. The Hall–Kier alpha value is -4.46. The Labute approximate surface area is 235 Å². The van der Waals surface area contributed by atoms with Crippen LogP contribution in [0.4, 0.5) is 17.6 Å². The molecule has 0 radical (unpaired) electrons. The highest BCUT2D eigenvalue weighted by atomic mass is 32.1. The zero-order valence-electron chi connectivity index (χ0n) is 21.3. The number of amides is 3. The quantitative estimate of drug-likeness (QED) is 0.171. The van der Waals surface area contributed by atoms with E-state index in [1.54, 1.807) is 11.4 Å². The number of halogens is 4.